The van der Waals surface area contributed by atoms with Gasteiger partial charge in [-0.05, 0) is 31.4 Å². The van der Waals surface area contributed by atoms with E-state index in [1.54, 1.807) is 7.11 Å². The molecule has 0 heterocycles. The van der Waals surface area contributed by atoms with Gasteiger partial charge < -0.3 is 20.5 Å². The highest BCUT2D eigenvalue weighted by Crippen LogP contribution is 2.24. The van der Waals surface area contributed by atoms with Gasteiger partial charge in [0.25, 0.3) is 0 Å². The van der Waals surface area contributed by atoms with Gasteiger partial charge in [-0.25, -0.2) is 0 Å². The van der Waals surface area contributed by atoms with Crippen LogP contribution in [-0.4, -0.2) is 32.3 Å². The van der Waals surface area contributed by atoms with Crippen LogP contribution in [-0.2, 0) is 9.53 Å². The number of hydrogen-bond acceptors (Lipinski definition) is 4. The molecule has 20 heavy (non-hydrogen) atoms. The average Bonchev–Trinajstić information content (AvgIpc) is 2.46. The first-order valence-electron chi connectivity index (χ1n) is 6.96. The molecule has 0 aliphatic carbocycles. The molecule has 1 unspecified atom stereocenters. The van der Waals surface area contributed by atoms with Gasteiger partial charge in [-0.2, -0.15) is 0 Å². The fourth-order valence-corrected chi connectivity index (χ4v) is 1.71. The largest absolute Gasteiger partial charge is 0.491 e. The molecule has 0 spiro atoms. The predicted octanol–water partition coefficient (Wildman–Crippen LogP) is 2.17. The van der Waals surface area contributed by atoms with Crippen LogP contribution in [0.4, 0.5) is 5.69 Å². The minimum Gasteiger partial charge on any atom is -0.491 e. The van der Waals surface area contributed by atoms with E-state index in [-0.39, 0.29) is 5.91 Å². The van der Waals surface area contributed by atoms with Crippen LogP contribution in [0.5, 0.6) is 5.75 Å². The molecule has 3 N–H and O–H groups in total. The number of benzene rings is 1. The van der Waals surface area contributed by atoms with Crippen LogP contribution in [0.3, 0.4) is 0 Å². The Labute approximate surface area is 120 Å². The number of anilines is 1. The number of amides is 1. The maximum atomic E-state index is 12.0. The van der Waals surface area contributed by atoms with Crippen molar-refractivity contribution in [1.82, 2.24) is 0 Å². The summed E-state index contributed by atoms with van der Waals surface area (Å²) in [6, 6.07) is 6.83. The lowest BCUT2D eigenvalue weighted by atomic mass is 10.1. The smallest absolute Gasteiger partial charge is 0.241 e. The van der Waals surface area contributed by atoms with Crippen molar-refractivity contribution < 1.29 is 14.3 Å². The molecule has 0 aliphatic heterocycles. The second-order valence-corrected chi connectivity index (χ2v) is 4.58. The van der Waals surface area contributed by atoms with Gasteiger partial charge in [0.2, 0.25) is 5.91 Å². The Morgan fingerprint density at radius 1 is 1.35 bits per heavy atom. The maximum Gasteiger partial charge on any atom is 0.241 e. The molecule has 1 amide bonds. The Kier molecular flexibility index (Phi) is 7.69. The fraction of sp³-hybridized carbons (Fsp3) is 0.533. The number of rotatable bonds is 9. The number of hydrogen-bond donors (Lipinski definition) is 2. The molecule has 0 bridgehead atoms. The number of carbonyl (C=O) groups is 1. The molecule has 5 heteroatoms. The topological polar surface area (TPSA) is 73.6 Å². The second kappa shape index (κ2) is 9.34. The molecular weight excluding hydrogens is 256 g/mol. The number of methoxy groups -OCH3 is 1. The van der Waals surface area contributed by atoms with Crippen LogP contribution in [0.15, 0.2) is 24.3 Å². The van der Waals surface area contributed by atoms with Crippen LogP contribution in [0.25, 0.3) is 0 Å². The molecule has 0 saturated carbocycles. The van der Waals surface area contributed by atoms with Crippen LogP contribution in [0.1, 0.15) is 26.2 Å². The molecule has 5 nitrogen and oxygen atoms in total. The van der Waals surface area contributed by atoms with Crippen molar-refractivity contribution in [3.63, 3.8) is 0 Å². The number of ether oxygens (including phenoxy) is 2. The SMILES string of the molecule is CCCOc1ccccc1NC(=O)C(N)CCCOC. The standard InChI is InChI=1S/C15H24N2O3/c1-3-10-20-14-9-5-4-8-13(14)17-15(18)12(16)7-6-11-19-2/h4-5,8-9,12H,3,6-7,10-11,16H2,1-2H3,(H,17,18). The highest BCUT2D eigenvalue weighted by Gasteiger charge is 2.15. The summed E-state index contributed by atoms with van der Waals surface area (Å²) in [5.41, 5.74) is 6.51. The third-order valence-electron chi connectivity index (χ3n) is 2.81. The van der Waals surface area contributed by atoms with E-state index in [2.05, 4.69) is 5.32 Å². The monoisotopic (exact) mass is 280 g/mol. The van der Waals surface area contributed by atoms with E-state index in [0.29, 0.717) is 31.1 Å². The van der Waals surface area contributed by atoms with Gasteiger partial charge in [-0.15, -0.1) is 0 Å². The van der Waals surface area contributed by atoms with Crippen LogP contribution < -0.4 is 15.8 Å². The third kappa shape index (κ3) is 5.59. The predicted molar refractivity (Wildman–Crippen MR) is 79.9 cm³/mol. The average molecular weight is 280 g/mol. The van der Waals surface area contributed by atoms with E-state index in [1.165, 1.54) is 0 Å². The summed E-state index contributed by atoms with van der Waals surface area (Å²) in [5, 5.41) is 2.82. The summed E-state index contributed by atoms with van der Waals surface area (Å²) >= 11 is 0. The molecule has 0 saturated heterocycles. The minimum atomic E-state index is -0.538. The number of nitrogens with two attached hydrogens (primary N) is 1. The van der Waals surface area contributed by atoms with Crippen LogP contribution in [0, 0.1) is 0 Å². The summed E-state index contributed by atoms with van der Waals surface area (Å²) in [4.78, 5) is 12.0. The normalized spacial score (nSPS) is 11.9. The Balaban J connectivity index is 2.56. The molecule has 1 rings (SSSR count). The van der Waals surface area contributed by atoms with E-state index < -0.39 is 6.04 Å². The van der Waals surface area contributed by atoms with E-state index in [1.807, 2.05) is 31.2 Å². The van der Waals surface area contributed by atoms with Crippen LogP contribution in [0.2, 0.25) is 0 Å². The van der Waals surface area contributed by atoms with Gasteiger partial charge in [0.05, 0.1) is 18.3 Å². The quantitative estimate of drug-likeness (QED) is 0.680. The zero-order valence-electron chi connectivity index (χ0n) is 12.2. The lowest BCUT2D eigenvalue weighted by molar-refractivity contribution is -0.117. The van der Waals surface area contributed by atoms with E-state index >= 15 is 0 Å². The Hall–Kier alpha value is -1.59. The van der Waals surface area contributed by atoms with Crippen molar-refractivity contribution in [1.29, 1.82) is 0 Å². The summed E-state index contributed by atoms with van der Waals surface area (Å²) < 4.78 is 10.5. The van der Waals surface area contributed by atoms with Gasteiger partial charge >= 0.3 is 0 Å². The van der Waals surface area contributed by atoms with Crippen LogP contribution >= 0.6 is 0 Å². The molecule has 112 valence electrons. The molecule has 0 fully saturated rings. The summed E-state index contributed by atoms with van der Waals surface area (Å²) in [7, 11) is 1.63. The lowest BCUT2D eigenvalue weighted by Crippen LogP contribution is -2.35. The molecule has 0 aromatic heterocycles. The Bertz CT molecular complexity index is 410. The van der Waals surface area contributed by atoms with Crippen molar-refractivity contribution in [3.05, 3.63) is 24.3 Å². The van der Waals surface area contributed by atoms with Crippen molar-refractivity contribution in [2.75, 3.05) is 25.6 Å². The maximum absolute atomic E-state index is 12.0. The van der Waals surface area contributed by atoms with Gasteiger partial charge in [-0.1, -0.05) is 19.1 Å². The lowest BCUT2D eigenvalue weighted by Gasteiger charge is -2.15. The van der Waals surface area contributed by atoms with Gasteiger partial charge in [0.15, 0.2) is 0 Å². The molecule has 1 aromatic rings. The third-order valence-corrected chi connectivity index (χ3v) is 2.81. The Morgan fingerprint density at radius 2 is 2.10 bits per heavy atom. The fourth-order valence-electron chi connectivity index (χ4n) is 1.71. The molecule has 1 atom stereocenters. The van der Waals surface area contributed by atoms with Gasteiger partial charge in [0, 0.05) is 13.7 Å². The van der Waals surface area contributed by atoms with Crippen molar-refractivity contribution in [2.24, 2.45) is 5.73 Å². The number of carbonyl (C=O) groups excluding carboxylic acids is 1. The van der Waals surface area contributed by atoms with Gasteiger partial charge in [-0.3, -0.25) is 4.79 Å². The summed E-state index contributed by atoms with van der Waals surface area (Å²) in [6.45, 7) is 3.26. The highest BCUT2D eigenvalue weighted by molar-refractivity contribution is 5.95. The zero-order valence-corrected chi connectivity index (χ0v) is 12.2. The molecule has 0 radical (unpaired) electrons. The molecule has 0 aliphatic rings. The molecular formula is C15H24N2O3. The first-order valence-corrected chi connectivity index (χ1v) is 6.96. The Morgan fingerprint density at radius 3 is 2.80 bits per heavy atom. The number of nitrogens with one attached hydrogen (secondary N) is 1. The van der Waals surface area contributed by atoms with E-state index in [9.17, 15) is 4.79 Å². The van der Waals surface area contributed by atoms with E-state index in [4.69, 9.17) is 15.2 Å². The number of para-hydroxylation sites is 2. The first-order chi connectivity index (χ1) is 9.69. The van der Waals surface area contributed by atoms with Crippen molar-refractivity contribution >= 4 is 11.6 Å². The second-order valence-electron chi connectivity index (χ2n) is 4.58. The summed E-state index contributed by atoms with van der Waals surface area (Å²) in [6.07, 6.45) is 2.27. The van der Waals surface area contributed by atoms with Gasteiger partial charge in [0.1, 0.15) is 5.75 Å². The van der Waals surface area contributed by atoms with Crippen molar-refractivity contribution in [3.8, 4) is 5.75 Å². The molecule has 1 aromatic carbocycles. The van der Waals surface area contributed by atoms with E-state index in [0.717, 1.165) is 12.8 Å². The summed E-state index contributed by atoms with van der Waals surface area (Å²) in [5.74, 6) is 0.473. The minimum absolute atomic E-state index is 0.200. The first kappa shape index (κ1) is 16.5. The zero-order chi connectivity index (χ0) is 14.8. The van der Waals surface area contributed by atoms with Crippen molar-refractivity contribution in [2.45, 2.75) is 32.2 Å². The highest BCUT2D eigenvalue weighted by atomic mass is 16.5.